The first-order valence-corrected chi connectivity index (χ1v) is 11.8. The Morgan fingerprint density at radius 2 is 1.72 bits per heavy atom. The van der Waals surface area contributed by atoms with Gasteiger partial charge in [0, 0.05) is 5.70 Å². The largest absolute Gasteiger partial charge is 0.508 e. The smallest absolute Gasteiger partial charge is 0.338 e. The standard InChI is InChI=1S/C23H26N2O6S/c1-14(2)12-15-4-10-18(11-5-15)32(29,30)13-19-20(22(27)31-3)21(25-23(28)24-19)16-6-8-17(26)9-7-16/h4-11,14,21,26H,12-13H2,1-3H3,(H2,24,25,28). The third-order valence-electron chi connectivity index (χ3n) is 5.05. The van der Waals surface area contributed by atoms with Crippen molar-refractivity contribution in [3.05, 3.63) is 70.9 Å². The van der Waals surface area contributed by atoms with Crippen molar-refractivity contribution < 1.29 is 27.9 Å². The van der Waals surface area contributed by atoms with Crippen LogP contribution in [0.1, 0.15) is 31.0 Å². The molecule has 0 radical (unpaired) electrons. The highest BCUT2D eigenvalue weighted by atomic mass is 32.2. The summed E-state index contributed by atoms with van der Waals surface area (Å²) in [6, 6.07) is 10.9. The number of aromatic hydroxyl groups is 1. The second-order valence-electron chi connectivity index (χ2n) is 8.01. The second kappa shape index (κ2) is 9.44. The van der Waals surface area contributed by atoms with E-state index in [0.29, 0.717) is 11.5 Å². The van der Waals surface area contributed by atoms with E-state index in [9.17, 15) is 23.1 Å². The fourth-order valence-corrected chi connectivity index (χ4v) is 4.90. The minimum Gasteiger partial charge on any atom is -0.508 e. The summed E-state index contributed by atoms with van der Waals surface area (Å²) in [6.45, 7) is 4.16. The molecule has 3 rings (SSSR count). The fourth-order valence-electron chi connectivity index (χ4n) is 3.58. The van der Waals surface area contributed by atoms with Crippen LogP contribution in [0.25, 0.3) is 0 Å². The van der Waals surface area contributed by atoms with E-state index >= 15 is 0 Å². The molecule has 0 saturated heterocycles. The Bertz CT molecular complexity index is 1140. The molecule has 1 unspecified atom stereocenters. The lowest BCUT2D eigenvalue weighted by molar-refractivity contribution is -0.136. The predicted octanol–water partition coefficient (Wildman–Crippen LogP) is 2.85. The van der Waals surface area contributed by atoms with E-state index in [1.807, 2.05) is 0 Å². The van der Waals surface area contributed by atoms with Gasteiger partial charge in [0.25, 0.3) is 0 Å². The Morgan fingerprint density at radius 1 is 1.09 bits per heavy atom. The molecule has 32 heavy (non-hydrogen) atoms. The molecular formula is C23H26N2O6S. The van der Waals surface area contributed by atoms with Crippen LogP contribution >= 0.6 is 0 Å². The number of phenols is 1. The van der Waals surface area contributed by atoms with Crippen molar-refractivity contribution in [2.75, 3.05) is 12.9 Å². The van der Waals surface area contributed by atoms with Gasteiger partial charge in [-0.15, -0.1) is 0 Å². The first kappa shape index (κ1) is 23.3. The number of nitrogens with one attached hydrogen (secondary N) is 2. The minimum atomic E-state index is -3.86. The van der Waals surface area contributed by atoms with Crippen molar-refractivity contribution in [2.24, 2.45) is 5.92 Å². The van der Waals surface area contributed by atoms with Crippen molar-refractivity contribution in [3.8, 4) is 5.75 Å². The van der Waals surface area contributed by atoms with Crippen LogP contribution in [-0.2, 0) is 25.8 Å². The molecule has 1 heterocycles. The number of benzene rings is 2. The van der Waals surface area contributed by atoms with Gasteiger partial charge in [0.1, 0.15) is 5.75 Å². The van der Waals surface area contributed by atoms with Gasteiger partial charge in [0.15, 0.2) is 9.84 Å². The molecule has 1 aliphatic rings. The van der Waals surface area contributed by atoms with Crippen LogP contribution in [0.2, 0.25) is 0 Å². The molecule has 3 N–H and O–H groups in total. The number of esters is 1. The lowest BCUT2D eigenvalue weighted by Gasteiger charge is -2.29. The second-order valence-corrected chi connectivity index (χ2v) is 10.00. The van der Waals surface area contributed by atoms with Gasteiger partial charge in [0.2, 0.25) is 0 Å². The first-order valence-electron chi connectivity index (χ1n) is 10.1. The van der Waals surface area contributed by atoms with Gasteiger partial charge in [-0.05, 0) is 47.7 Å². The van der Waals surface area contributed by atoms with Gasteiger partial charge in [-0.2, -0.15) is 0 Å². The summed E-state index contributed by atoms with van der Waals surface area (Å²) in [5.74, 6) is -0.899. The van der Waals surface area contributed by atoms with Gasteiger partial charge in [-0.25, -0.2) is 18.0 Å². The predicted molar refractivity (Wildman–Crippen MR) is 119 cm³/mol. The molecule has 1 atom stereocenters. The van der Waals surface area contributed by atoms with Crippen LogP contribution in [0.3, 0.4) is 0 Å². The van der Waals surface area contributed by atoms with E-state index in [4.69, 9.17) is 4.74 Å². The number of hydrogen-bond acceptors (Lipinski definition) is 6. The Morgan fingerprint density at radius 3 is 2.28 bits per heavy atom. The van der Waals surface area contributed by atoms with E-state index in [1.54, 1.807) is 12.1 Å². The molecule has 2 aromatic carbocycles. The summed E-state index contributed by atoms with van der Waals surface area (Å²) in [5, 5.41) is 14.6. The zero-order valence-electron chi connectivity index (χ0n) is 18.1. The quantitative estimate of drug-likeness (QED) is 0.549. The number of sulfone groups is 1. The van der Waals surface area contributed by atoms with Crippen molar-refractivity contribution in [1.29, 1.82) is 0 Å². The Balaban J connectivity index is 2.00. The van der Waals surface area contributed by atoms with Gasteiger partial charge in [-0.1, -0.05) is 38.1 Å². The van der Waals surface area contributed by atoms with Crippen LogP contribution in [0.15, 0.2) is 64.7 Å². The lowest BCUT2D eigenvalue weighted by Crippen LogP contribution is -2.47. The topological polar surface area (TPSA) is 122 Å². The van der Waals surface area contributed by atoms with E-state index in [0.717, 1.165) is 12.0 Å². The molecule has 8 nitrogen and oxygen atoms in total. The molecule has 0 bridgehead atoms. The van der Waals surface area contributed by atoms with Gasteiger partial charge in [0.05, 0.1) is 29.4 Å². The number of phenolic OH excluding ortho intramolecular Hbond substituents is 1. The molecule has 0 aromatic heterocycles. The molecule has 2 amide bonds. The zero-order valence-corrected chi connectivity index (χ0v) is 18.9. The molecule has 2 aromatic rings. The number of rotatable bonds is 7. The SMILES string of the molecule is COC(=O)C1=C(CS(=O)(=O)c2ccc(CC(C)C)cc2)NC(=O)NC1c1ccc(O)cc1. The van der Waals surface area contributed by atoms with Crippen molar-refractivity contribution in [3.63, 3.8) is 0 Å². The van der Waals surface area contributed by atoms with Crippen molar-refractivity contribution >= 4 is 21.8 Å². The summed E-state index contributed by atoms with van der Waals surface area (Å²) in [7, 11) is -2.68. The fraction of sp³-hybridized carbons (Fsp3) is 0.304. The summed E-state index contributed by atoms with van der Waals surface area (Å²) in [6.07, 6.45) is 0.827. The maximum atomic E-state index is 13.1. The number of amides is 2. The summed E-state index contributed by atoms with van der Waals surface area (Å²) >= 11 is 0. The minimum absolute atomic E-state index is 0.0151. The molecule has 0 saturated carbocycles. The molecule has 0 fully saturated rings. The Labute approximate surface area is 187 Å². The number of urea groups is 1. The molecular weight excluding hydrogens is 432 g/mol. The summed E-state index contributed by atoms with van der Waals surface area (Å²) in [4.78, 5) is 25.0. The van der Waals surface area contributed by atoms with Crippen LogP contribution in [-0.4, -0.2) is 38.4 Å². The van der Waals surface area contributed by atoms with Crippen LogP contribution < -0.4 is 10.6 Å². The molecule has 0 aliphatic carbocycles. The number of ether oxygens (including phenoxy) is 1. The van der Waals surface area contributed by atoms with Crippen molar-refractivity contribution in [1.82, 2.24) is 10.6 Å². The highest BCUT2D eigenvalue weighted by Crippen LogP contribution is 2.30. The maximum Gasteiger partial charge on any atom is 0.338 e. The van der Waals surface area contributed by atoms with Gasteiger partial charge in [-0.3, -0.25) is 0 Å². The molecule has 0 spiro atoms. The highest BCUT2D eigenvalue weighted by molar-refractivity contribution is 7.91. The van der Waals surface area contributed by atoms with E-state index in [2.05, 4.69) is 24.5 Å². The van der Waals surface area contributed by atoms with E-state index in [1.165, 1.54) is 43.5 Å². The average molecular weight is 459 g/mol. The zero-order chi connectivity index (χ0) is 23.5. The van der Waals surface area contributed by atoms with Crippen LogP contribution in [0, 0.1) is 5.92 Å². The number of hydrogen-bond donors (Lipinski definition) is 3. The van der Waals surface area contributed by atoms with Gasteiger partial charge < -0.3 is 20.5 Å². The van der Waals surface area contributed by atoms with E-state index < -0.39 is 33.6 Å². The lowest BCUT2D eigenvalue weighted by atomic mass is 9.95. The third-order valence-corrected chi connectivity index (χ3v) is 6.71. The van der Waals surface area contributed by atoms with Crippen LogP contribution in [0.5, 0.6) is 5.75 Å². The monoisotopic (exact) mass is 458 g/mol. The Kier molecular flexibility index (Phi) is 6.88. The molecule has 170 valence electrons. The van der Waals surface area contributed by atoms with Gasteiger partial charge >= 0.3 is 12.0 Å². The highest BCUT2D eigenvalue weighted by Gasteiger charge is 2.35. The normalized spacial score (nSPS) is 16.5. The number of carbonyl (C=O) groups is 2. The van der Waals surface area contributed by atoms with E-state index in [-0.39, 0.29) is 21.9 Å². The summed E-state index contributed by atoms with van der Waals surface area (Å²) < 4.78 is 31.1. The summed E-state index contributed by atoms with van der Waals surface area (Å²) in [5.41, 5.74) is 1.45. The number of methoxy groups -OCH3 is 1. The average Bonchev–Trinajstić information content (AvgIpc) is 2.73. The van der Waals surface area contributed by atoms with Crippen molar-refractivity contribution in [2.45, 2.75) is 31.2 Å². The first-order chi connectivity index (χ1) is 15.1. The Hall–Kier alpha value is -3.33. The van der Waals surface area contributed by atoms with Crippen LogP contribution in [0.4, 0.5) is 4.79 Å². The molecule has 1 aliphatic heterocycles. The molecule has 9 heteroatoms. The third kappa shape index (κ3) is 5.28. The maximum absolute atomic E-state index is 13.1. The number of carbonyl (C=O) groups excluding carboxylic acids is 2.